The number of benzene rings is 1. The van der Waals surface area contributed by atoms with E-state index in [1.807, 2.05) is 31.2 Å². The molecule has 1 aromatic carbocycles. The maximum Gasteiger partial charge on any atom is 0.128 e. The van der Waals surface area contributed by atoms with E-state index in [2.05, 4.69) is 9.59 Å². The van der Waals surface area contributed by atoms with Crippen LogP contribution in [-0.2, 0) is 0 Å². The summed E-state index contributed by atoms with van der Waals surface area (Å²) in [4.78, 5) is 1.04. The Morgan fingerprint density at radius 3 is 2.93 bits per heavy atom. The van der Waals surface area contributed by atoms with Gasteiger partial charge in [-0.1, -0.05) is 16.6 Å². The summed E-state index contributed by atoms with van der Waals surface area (Å²) >= 11 is 1.37. The van der Waals surface area contributed by atoms with Crippen LogP contribution < -0.4 is 4.74 Å². The molecule has 2 aromatic rings. The highest BCUT2D eigenvalue weighted by molar-refractivity contribution is 7.09. The second kappa shape index (κ2) is 4.19. The van der Waals surface area contributed by atoms with Crippen molar-refractivity contribution < 1.29 is 4.74 Å². The van der Waals surface area contributed by atoms with Gasteiger partial charge in [-0.2, -0.15) is 0 Å². The van der Waals surface area contributed by atoms with Crippen LogP contribution in [0.1, 0.15) is 6.92 Å². The van der Waals surface area contributed by atoms with E-state index < -0.39 is 0 Å². The molecule has 0 unspecified atom stereocenters. The van der Waals surface area contributed by atoms with Gasteiger partial charge < -0.3 is 4.74 Å². The van der Waals surface area contributed by atoms with Crippen molar-refractivity contribution in [3.63, 3.8) is 0 Å². The van der Waals surface area contributed by atoms with Crippen LogP contribution in [0.4, 0.5) is 0 Å². The van der Waals surface area contributed by atoms with E-state index in [4.69, 9.17) is 4.74 Å². The molecule has 0 aliphatic rings. The van der Waals surface area contributed by atoms with Gasteiger partial charge in [0.2, 0.25) is 0 Å². The Morgan fingerprint density at radius 2 is 2.21 bits per heavy atom. The lowest BCUT2D eigenvalue weighted by Crippen LogP contribution is -1.92. The van der Waals surface area contributed by atoms with Crippen molar-refractivity contribution >= 4 is 11.5 Å². The van der Waals surface area contributed by atoms with Crippen LogP contribution >= 0.6 is 11.5 Å². The molecule has 0 spiro atoms. The minimum Gasteiger partial charge on any atom is -0.493 e. The molecule has 0 saturated carbocycles. The summed E-state index contributed by atoms with van der Waals surface area (Å²) < 4.78 is 9.35. The Bertz CT molecular complexity index is 400. The first-order chi connectivity index (χ1) is 6.92. The smallest absolute Gasteiger partial charge is 0.128 e. The molecule has 4 heteroatoms. The largest absolute Gasteiger partial charge is 0.493 e. The zero-order chi connectivity index (χ0) is 9.80. The van der Waals surface area contributed by atoms with Gasteiger partial charge in [-0.05, 0) is 30.6 Å². The van der Waals surface area contributed by atoms with Gasteiger partial charge >= 0.3 is 0 Å². The van der Waals surface area contributed by atoms with Crippen LogP contribution in [0, 0.1) is 0 Å². The van der Waals surface area contributed by atoms with Crippen molar-refractivity contribution in [1.29, 1.82) is 0 Å². The number of nitrogens with zero attached hydrogens (tertiary/aromatic N) is 2. The third-order valence-electron chi connectivity index (χ3n) is 1.81. The highest BCUT2D eigenvalue weighted by atomic mass is 32.1. The van der Waals surface area contributed by atoms with Gasteiger partial charge in [0.25, 0.3) is 0 Å². The fourth-order valence-corrected chi connectivity index (χ4v) is 1.78. The summed E-state index contributed by atoms with van der Waals surface area (Å²) in [5.41, 5.74) is 1.06. The van der Waals surface area contributed by atoms with E-state index in [1.54, 1.807) is 6.20 Å². The zero-order valence-electron chi connectivity index (χ0n) is 7.80. The lowest BCUT2D eigenvalue weighted by Gasteiger charge is -2.06. The van der Waals surface area contributed by atoms with Crippen molar-refractivity contribution in [3.05, 3.63) is 30.5 Å². The lowest BCUT2D eigenvalue weighted by molar-refractivity contribution is 0.341. The minimum atomic E-state index is 0.670. The van der Waals surface area contributed by atoms with Crippen molar-refractivity contribution in [1.82, 2.24) is 9.59 Å². The molecule has 0 aliphatic heterocycles. The van der Waals surface area contributed by atoms with Crippen LogP contribution in [-0.4, -0.2) is 16.2 Å². The Balaban J connectivity index is 2.42. The summed E-state index contributed by atoms with van der Waals surface area (Å²) in [5.74, 6) is 0.890. The molecule has 3 nitrogen and oxygen atoms in total. The first-order valence-corrected chi connectivity index (χ1v) is 5.18. The van der Waals surface area contributed by atoms with Crippen LogP contribution in [0.25, 0.3) is 10.4 Å². The van der Waals surface area contributed by atoms with Gasteiger partial charge in [-0.15, -0.1) is 5.10 Å². The summed E-state index contributed by atoms with van der Waals surface area (Å²) in [5, 5.41) is 3.81. The van der Waals surface area contributed by atoms with Crippen molar-refractivity contribution in [2.24, 2.45) is 0 Å². The van der Waals surface area contributed by atoms with Gasteiger partial charge in [-0.25, -0.2) is 0 Å². The van der Waals surface area contributed by atoms with E-state index in [9.17, 15) is 0 Å². The van der Waals surface area contributed by atoms with Crippen LogP contribution in [0.3, 0.4) is 0 Å². The van der Waals surface area contributed by atoms with E-state index in [0.29, 0.717) is 6.61 Å². The molecule has 0 radical (unpaired) electrons. The molecule has 0 aliphatic carbocycles. The number of aromatic nitrogens is 2. The summed E-state index contributed by atoms with van der Waals surface area (Å²) in [6.07, 6.45) is 1.75. The maximum atomic E-state index is 5.51. The Labute approximate surface area is 86.5 Å². The monoisotopic (exact) mass is 206 g/mol. The van der Waals surface area contributed by atoms with E-state index >= 15 is 0 Å². The lowest BCUT2D eigenvalue weighted by atomic mass is 10.2. The van der Waals surface area contributed by atoms with Gasteiger partial charge in [0, 0.05) is 5.56 Å². The van der Waals surface area contributed by atoms with E-state index in [0.717, 1.165) is 16.2 Å². The molecule has 1 aromatic heterocycles. The number of hydrogen-bond donors (Lipinski definition) is 0. The number of hydrogen-bond acceptors (Lipinski definition) is 4. The molecule has 2 rings (SSSR count). The second-order valence-corrected chi connectivity index (χ2v) is 3.50. The molecular formula is C10H10N2OS. The van der Waals surface area contributed by atoms with Gasteiger partial charge in [0.1, 0.15) is 5.75 Å². The second-order valence-electron chi connectivity index (χ2n) is 2.71. The van der Waals surface area contributed by atoms with Crippen LogP contribution in [0.5, 0.6) is 5.75 Å². The van der Waals surface area contributed by atoms with Crippen molar-refractivity contribution in [3.8, 4) is 16.2 Å². The van der Waals surface area contributed by atoms with Crippen LogP contribution in [0.15, 0.2) is 30.5 Å². The zero-order valence-corrected chi connectivity index (χ0v) is 8.62. The first kappa shape index (κ1) is 9.15. The predicted molar refractivity (Wildman–Crippen MR) is 56.5 cm³/mol. The molecule has 0 saturated heterocycles. The average molecular weight is 206 g/mol. The molecule has 0 bridgehead atoms. The predicted octanol–water partition coefficient (Wildman–Crippen LogP) is 2.60. The maximum absolute atomic E-state index is 5.51. The summed E-state index contributed by atoms with van der Waals surface area (Å²) in [6, 6.07) is 7.92. The Morgan fingerprint density at radius 1 is 1.36 bits per heavy atom. The molecule has 0 fully saturated rings. The molecule has 72 valence electrons. The highest BCUT2D eigenvalue weighted by Crippen LogP contribution is 2.30. The van der Waals surface area contributed by atoms with Gasteiger partial charge in [-0.3, -0.25) is 0 Å². The van der Waals surface area contributed by atoms with E-state index in [-0.39, 0.29) is 0 Å². The Kier molecular flexibility index (Phi) is 2.74. The summed E-state index contributed by atoms with van der Waals surface area (Å²) in [6.45, 7) is 2.64. The molecule has 14 heavy (non-hydrogen) atoms. The molecule has 0 N–H and O–H groups in total. The molecule has 1 heterocycles. The normalized spacial score (nSPS) is 10.1. The number of para-hydroxylation sites is 1. The first-order valence-electron chi connectivity index (χ1n) is 4.41. The minimum absolute atomic E-state index is 0.670. The van der Waals surface area contributed by atoms with Crippen molar-refractivity contribution in [2.75, 3.05) is 6.61 Å². The van der Waals surface area contributed by atoms with Crippen LogP contribution in [0.2, 0.25) is 0 Å². The summed E-state index contributed by atoms with van der Waals surface area (Å²) in [7, 11) is 0. The number of rotatable bonds is 3. The quantitative estimate of drug-likeness (QED) is 0.774. The fraction of sp³-hybridized carbons (Fsp3) is 0.200. The molecular weight excluding hydrogens is 196 g/mol. The SMILES string of the molecule is CCOc1ccccc1-c1cnns1. The Hall–Kier alpha value is -1.42. The third kappa shape index (κ3) is 1.75. The standard InChI is InChI=1S/C10H10N2OS/c1-2-13-9-6-4-3-5-8(9)10-7-11-12-14-10/h3-7H,2H2,1H3. The fourth-order valence-electron chi connectivity index (χ4n) is 1.24. The van der Waals surface area contributed by atoms with E-state index in [1.165, 1.54) is 11.5 Å². The average Bonchev–Trinajstić information content (AvgIpc) is 2.72. The number of ether oxygens (including phenoxy) is 1. The van der Waals surface area contributed by atoms with Gasteiger partial charge in [0.05, 0.1) is 17.7 Å². The van der Waals surface area contributed by atoms with Gasteiger partial charge in [0.15, 0.2) is 0 Å². The molecule has 0 amide bonds. The third-order valence-corrected chi connectivity index (χ3v) is 2.51. The topological polar surface area (TPSA) is 35.0 Å². The van der Waals surface area contributed by atoms with Crippen molar-refractivity contribution in [2.45, 2.75) is 6.92 Å². The molecule has 0 atom stereocenters. The highest BCUT2D eigenvalue weighted by Gasteiger charge is 2.06.